The van der Waals surface area contributed by atoms with E-state index in [0.717, 1.165) is 21.3 Å². The van der Waals surface area contributed by atoms with Gasteiger partial charge in [-0.3, -0.25) is 4.98 Å². The van der Waals surface area contributed by atoms with Gasteiger partial charge in [-0.15, -0.1) is 0 Å². The van der Waals surface area contributed by atoms with Crippen LogP contribution in [0, 0.1) is 6.92 Å². The third-order valence-corrected chi connectivity index (χ3v) is 3.58. The SMILES string of the molecule is Cc1ccc(NC(=O)NC(C)c2ccncc2)c(Br)c1. The van der Waals surface area contributed by atoms with Crippen molar-refractivity contribution in [2.45, 2.75) is 19.9 Å². The maximum Gasteiger partial charge on any atom is 0.319 e. The molecule has 104 valence electrons. The molecule has 1 atom stereocenters. The second-order valence-electron chi connectivity index (χ2n) is 4.58. The molecule has 0 aliphatic heterocycles. The molecule has 1 aromatic carbocycles. The Hall–Kier alpha value is -1.88. The van der Waals surface area contributed by atoms with Crippen molar-refractivity contribution < 1.29 is 4.79 Å². The quantitative estimate of drug-likeness (QED) is 0.890. The summed E-state index contributed by atoms with van der Waals surface area (Å²) in [6.07, 6.45) is 3.42. The molecule has 0 spiro atoms. The van der Waals surface area contributed by atoms with E-state index < -0.39 is 0 Å². The van der Waals surface area contributed by atoms with Crippen LogP contribution in [0.3, 0.4) is 0 Å². The minimum Gasteiger partial charge on any atom is -0.331 e. The molecule has 0 radical (unpaired) electrons. The molecule has 0 saturated heterocycles. The van der Waals surface area contributed by atoms with E-state index in [1.165, 1.54) is 0 Å². The average molecular weight is 334 g/mol. The number of aryl methyl sites for hydroxylation is 1. The summed E-state index contributed by atoms with van der Waals surface area (Å²) in [6.45, 7) is 3.93. The van der Waals surface area contributed by atoms with Crippen molar-refractivity contribution >= 4 is 27.6 Å². The van der Waals surface area contributed by atoms with Gasteiger partial charge in [-0.05, 0) is 65.2 Å². The van der Waals surface area contributed by atoms with Gasteiger partial charge in [0.1, 0.15) is 0 Å². The van der Waals surface area contributed by atoms with Crippen LogP contribution >= 0.6 is 15.9 Å². The monoisotopic (exact) mass is 333 g/mol. The highest BCUT2D eigenvalue weighted by Crippen LogP contribution is 2.23. The molecule has 0 saturated carbocycles. The number of nitrogens with zero attached hydrogens (tertiary/aromatic N) is 1. The maximum atomic E-state index is 12.0. The van der Waals surface area contributed by atoms with Crippen molar-refractivity contribution in [3.05, 3.63) is 58.3 Å². The maximum absolute atomic E-state index is 12.0. The second-order valence-corrected chi connectivity index (χ2v) is 5.44. The highest BCUT2D eigenvalue weighted by molar-refractivity contribution is 9.10. The summed E-state index contributed by atoms with van der Waals surface area (Å²) in [7, 11) is 0. The molecule has 2 N–H and O–H groups in total. The van der Waals surface area contributed by atoms with Gasteiger partial charge in [0.15, 0.2) is 0 Å². The third kappa shape index (κ3) is 3.81. The zero-order valence-electron chi connectivity index (χ0n) is 11.4. The van der Waals surface area contributed by atoms with Crippen molar-refractivity contribution in [3.63, 3.8) is 0 Å². The molecule has 0 bridgehead atoms. The number of carbonyl (C=O) groups is 1. The fourth-order valence-corrected chi connectivity index (χ4v) is 2.40. The lowest BCUT2D eigenvalue weighted by Gasteiger charge is -2.15. The minimum absolute atomic E-state index is 0.0813. The number of nitrogens with one attached hydrogen (secondary N) is 2. The fraction of sp³-hybridized carbons (Fsp3) is 0.200. The van der Waals surface area contributed by atoms with Gasteiger partial charge in [0.2, 0.25) is 0 Å². The number of hydrogen-bond acceptors (Lipinski definition) is 2. The number of anilines is 1. The predicted octanol–water partition coefficient (Wildman–Crippen LogP) is 4.04. The van der Waals surface area contributed by atoms with E-state index in [2.05, 4.69) is 31.5 Å². The molecule has 5 heteroatoms. The lowest BCUT2D eigenvalue weighted by molar-refractivity contribution is 0.249. The van der Waals surface area contributed by atoms with Crippen LogP contribution in [0.2, 0.25) is 0 Å². The molecule has 0 fully saturated rings. The van der Waals surface area contributed by atoms with Gasteiger partial charge in [-0.25, -0.2) is 4.79 Å². The zero-order chi connectivity index (χ0) is 14.5. The Balaban J connectivity index is 1.99. The van der Waals surface area contributed by atoms with E-state index in [0.29, 0.717) is 0 Å². The Kier molecular flexibility index (Phi) is 4.74. The number of halogens is 1. The summed E-state index contributed by atoms with van der Waals surface area (Å²) in [5, 5.41) is 5.71. The third-order valence-electron chi connectivity index (χ3n) is 2.93. The molecular weight excluding hydrogens is 318 g/mol. The lowest BCUT2D eigenvalue weighted by Crippen LogP contribution is -2.31. The van der Waals surface area contributed by atoms with Crippen molar-refractivity contribution in [1.29, 1.82) is 0 Å². The Morgan fingerprint density at radius 1 is 1.25 bits per heavy atom. The Morgan fingerprint density at radius 2 is 1.95 bits per heavy atom. The van der Waals surface area contributed by atoms with Crippen LogP contribution in [0.5, 0.6) is 0 Å². The molecule has 0 aliphatic carbocycles. The Morgan fingerprint density at radius 3 is 2.60 bits per heavy atom. The molecule has 1 aromatic heterocycles. The van der Waals surface area contributed by atoms with Gasteiger partial charge < -0.3 is 10.6 Å². The summed E-state index contributed by atoms with van der Waals surface area (Å²) < 4.78 is 0.865. The molecular formula is C15H16BrN3O. The standard InChI is InChI=1S/C15H16BrN3O/c1-10-3-4-14(13(16)9-10)19-15(20)18-11(2)12-5-7-17-8-6-12/h3-9,11H,1-2H3,(H2,18,19,20). The van der Waals surface area contributed by atoms with Crippen LogP contribution in [-0.4, -0.2) is 11.0 Å². The van der Waals surface area contributed by atoms with Gasteiger partial charge in [0.05, 0.1) is 11.7 Å². The zero-order valence-corrected chi connectivity index (χ0v) is 12.9. The predicted molar refractivity (Wildman–Crippen MR) is 83.7 cm³/mol. The van der Waals surface area contributed by atoms with Crippen molar-refractivity contribution in [3.8, 4) is 0 Å². The fourth-order valence-electron chi connectivity index (χ4n) is 1.81. The molecule has 0 aliphatic rings. The first kappa shape index (κ1) is 14.5. The van der Waals surface area contributed by atoms with Crippen molar-refractivity contribution in [2.24, 2.45) is 0 Å². The highest BCUT2D eigenvalue weighted by atomic mass is 79.9. The van der Waals surface area contributed by atoms with E-state index in [1.54, 1.807) is 12.4 Å². The van der Waals surface area contributed by atoms with E-state index in [9.17, 15) is 4.79 Å². The van der Waals surface area contributed by atoms with Gasteiger partial charge in [0, 0.05) is 16.9 Å². The van der Waals surface area contributed by atoms with Gasteiger partial charge in [0.25, 0.3) is 0 Å². The Bertz CT molecular complexity index is 601. The molecule has 2 rings (SSSR count). The minimum atomic E-state index is -0.237. The highest BCUT2D eigenvalue weighted by Gasteiger charge is 2.10. The summed E-state index contributed by atoms with van der Waals surface area (Å²) in [5.74, 6) is 0. The molecule has 4 nitrogen and oxygen atoms in total. The largest absolute Gasteiger partial charge is 0.331 e. The molecule has 20 heavy (non-hydrogen) atoms. The molecule has 2 amide bonds. The first-order chi connectivity index (χ1) is 9.56. The van der Waals surface area contributed by atoms with Crippen LogP contribution in [0.1, 0.15) is 24.1 Å². The number of amides is 2. The molecule has 2 aromatic rings. The van der Waals surface area contributed by atoms with Gasteiger partial charge in [-0.2, -0.15) is 0 Å². The van der Waals surface area contributed by atoms with Gasteiger partial charge in [-0.1, -0.05) is 6.07 Å². The number of rotatable bonds is 3. The number of urea groups is 1. The molecule has 1 unspecified atom stereocenters. The topological polar surface area (TPSA) is 54.0 Å². The van der Waals surface area contributed by atoms with Crippen molar-refractivity contribution in [2.75, 3.05) is 5.32 Å². The number of hydrogen-bond donors (Lipinski definition) is 2. The summed E-state index contributed by atoms with van der Waals surface area (Å²) in [4.78, 5) is 15.9. The van der Waals surface area contributed by atoms with E-state index in [4.69, 9.17) is 0 Å². The van der Waals surface area contributed by atoms with E-state index in [-0.39, 0.29) is 12.1 Å². The number of pyridine rings is 1. The first-order valence-electron chi connectivity index (χ1n) is 6.30. The summed E-state index contributed by atoms with van der Waals surface area (Å²) in [5.41, 5.74) is 2.89. The molecule has 1 heterocycles. The Labute approximate surface area is 126 Å². The number of aromatic nitrogens is 1. The smallest absolute Gasteiger partial charge is 0.319 e. The van der Waals surface area contributed by atoms with Crippen LogP contribution in [0.4, 0.5) is 10.5 Å². The van der Waals surface area contributed by atoms with Crippen LogP contribution < -0.4 is 10.6 Å². The van der Waals surface area contributed by atoms with Crippen LogP contribution in [-0.2, 0) is 0 Å². The van der Waals surface area contributed by atoms with Gasteiger partial charge >= 0.3 is 6.03 Å². The van der Waals surface area contributed by atoms with E-state index in [1.807, 2.05) is 44.2 Å². The number of carbonyl (C=O) groups excluding carboxylic acids is 1. The average Bonchev–Trinajstić information content (AvgIpc) is 2.43. The second kappa shape index (κ2) is 6.52. The normalized spacial score (nSPS) is 11.8. The van der Waals surface area contributed by atoms with E-state index >= 15 is 0 Å². The summed E-state index contributed by atoms with van der Waals surface area (Å²) in [6, 6.07) is 9.23. The van der Waals surface area contributed by atoms with Crippen LogP contribution in [0.25, 0.3) is 0 Å². The van der Waals surface area contributed by atoms with Crippen molar-refractivity contribution in [1.82, 2.24) is 10.3 Å². The number of benzene rings is 1. The first-order valence-corrected chi connectivity index (χ1v) is 7.09. The van der Waals surface area contributed by atoms with Crippen LogP contribution in [0.15, 0.2) is 47.2 Å². The summed E-state index contributed by atoms with van der Waals surface area (Å²) >= 11 is 3.44. The lowest BCUT2D eigenvalue weighted by atomic mass is 10.1.